The van der Waals surface area contributed by atoms with Gasteiger partial charge in [-0.1, -0.05) is 110 Å². The highest BCUT2D eigenvalue weighted by atomic mass is 32.1. The predicted molar refractivity (Wildman–Crippen MR) is 174 cm³/mol. The molecular weight excluding hydrogens is 572 g/mol. The molecule has 226 valence electrons. The first-order valence-electron chi connectivity index (χ1n) is 14.8. The minimum Gasteiger partial charge on any atom is -0.493 e. The van der Waals surface area contributed by atoms with Crippen molar-refractivity contribution in [2.75, 3.05) is 13.7 Å². The number of fused-ring (bicyclic) bond motifs is 1. The molecule has 1 atom stereocenters. The molecule has 1 aliphatic heterocycles. The van der Waals surface area contributed by atoms with Crippen LogP contribution in [0, 0.1) is 0 Å². The fourth-order valence-corrected chi connectivity index (χ4v) is 6.03. The Bertz CT molecular complexity index is 1840. The summed E-state index contributed by atoms with van der Waals surface area (Å²) in [6.45, 7) is 4.60. The molecule has 0 saturated heterocycles. The van der Waals surface area contributed by atoms with Crippen molar-refractivity contribution in [3.63, 3.8) is 0 Å². The van der Waals surface area contributed by atoms with Gasteiger partial charge in [-0.25, -0.2) is 9.79 Å². The van der Waals surface area contributed by atoms with E-state index in [-0.39, 0.29) is 12.2 Å². The summed E-state index contributed by atoms with van der Waals surface area (Å²) in [6.07, 6.45) is 8.70. The molecule has 1 aromatic heterocycles. The van der Waals surface area contributed by atoms with Gasteiger partial charge < -0.3 is 14.2 Å². The van der Waals surface area contributed by atoms with E-state index in [1.807, 2.05) is 91.0 Å². The number of ether oxygens (including phenoxy) is 3. The number of hydrogen-bond donors (Lipinski definition) is 0. The minimum absolute atomic E-state index is 0.103. The number of hydrogen-bond acceptors (Lipinski definition) is 7. The van der Waals surface area contributed by atoms with Crippen LogP contribution < -0.4 is 24.4 Å². The maximum absolute atomic E-state index is 13.9. The number of thiazole rings is 1. The first-order chi connectivity index (χ1) is 21.5. The molecular formula is C36H36N2O5S. The number of aromatic nitrogens is 1. The number of allylic oxidation sites excluding steroid dienone is 2. The lowest BCUT2D eigenvalue weighted by Crippen LogP contribution is -2.39. The van der Waals surface area contributed by atoms with E-state index in [4.69, 9.17) is 19.2 Å². The SMILES string of the molecule is CCCCCOc1ccc(C2C(C(=O)OCc3ccccc3)=C(C)N=c3sc(=CC=Cc4ccccc4)c(=O)n32)cc1OC. The number of carbonyl (C=O) groups is 1. The van der Waals surface area contributed by atoms with Gasteiger partial charge in [0.25, 0.3) is 5.56 Å². The Morgan fingerprint density at radius 1 is 1.00 bits per heavy atom. The second kappa shape index (κ2) is 14.7. The molecule has 3 aromatic carbocycles. The average molecular weight is 609 g/mol. The molecule has 0 bridgehead atoms. The zero-order valence-electron chi connectivity index (χ0n) is 25.2. The summed E-state index contributed by atoms with van der Waals surface area (Å²) in [5.74, 6) is 0.607. The average Bonchev–Trinajstić information content (AvgIpc) is 3.36. The Kier molecular flexibility index (Phi) is 10.2. The van der Waals surface area contributed by atoms with E-state index in [0.717, 1.165) is 30.4 Å². The van der Waals surface area contributed by atoms with Crippen molar-refractivity contribution in [3.05, 3.63) is 133 Å². The molecule has 7 nitrogen and oxygen atoms in total. The van der Waals surface area contributed by atoms with E-state index in [2.05, 4.69) is 6.92 Å². The van der Waals surface area contributed by atoms with Crippen LogP contribution in [0.25, 0.3) is 12.2 Å². The highest BCUT2D eigenvalue weighted by molar-refractivity contribution is 7.07. The standard InChI is InChI=1S/C36H36N2O5S/c1-4-5-12-22-42-29-21-20-28(23-30(29)41-3)33-32(35(40)43-24-27-16-10-7-11-17-27)25(2)37-36-38(33)34(39)31(44-36)19-13-18-26-14-8-6-9-15-26/h6-11,13-21,23,33H,4-5,12,22,24H2,1-3H3. The molecule has 0 spiro atoms. The Labute approximate surface area is 261 Å². The van der Waals surface area contributed by atoms with Gasteiger partial charge in [0.15, 0.2) is 16.3 Å². The molecule has 0 fully saturated rings. The van der Waals surface area contributed by atoms with Crippen LogP contribution in [-0.2, 0) is 16.1 Å². The van der Waals surface area contributed by atoms with Crippen LogP contribution in [-0.4, -0.2) is 24.3 Å². The molecule has 0 saturated carbocycles. The zero-order valence-corrected chi connectivity index (χ0v) is 26.0. The van der Waals surface area contributed by atoms with Crippen LogP contribution in [0.3, 0.4) is 0 Å². The fraction of sp³-hybridized carbons (Fsp3) is 0.250. The monoisotopic (exact) mass is 608 g/mol. The molecule has 2 heterocycles. The summed E-state index contributed by atoms with van der Waals surface area (Å²) >= 11 is 1.29. The number of esters is 1. The van der Waals surface area contributed by atoms with Crippen LogP contribution in [0.15, 0.2) is 106 Å². The van der Waals surface area contributed by atoms with Gasteiger partial charge in [-0.3, -0.25) is 9.36 Å². The maximum Gasteiger partial charge on any atom is 0.338 e. The predicted octanol–water partition coefficient (Wildman–Crippen LogP) is 6.22. The zero-order chi connectivity index (χ0) is 30.9. The number of benzene rings is 3. The first-order valence-corrected chi connectivity index (χ1v) is 15.6. The molecule has 5 rings (SSSR count). The van der Waals surface area contributed by atoms with E-state index in [0.29, 0.717) is 44.3 Å². The summed E-state index contributed by atoms with van der Waals surface area (Å²) < 4.78 is 19.6. The molecule has 44 heavy (non-hydrogen) atoms. The smallest absolute Gasteiger partial charge is 0.338 e. The van der Waals surface area contributed by atoms with Gasteiger partial charge in [-0.2, -0.15) is 0 Å². The Hall–Kier alpha value is -4.69. The topological polar surface area (TPSA) is 79.1 Å². The normalized spacial score (nSPS) is 14.8. The Morgan fingerprint density at radius 3 is 2.48 bits per heavy atom. The number of unbranched alkanes of at least 4 members (excludes halogenated alkanes) is 2. The highest BCUT2D eigenvalue weighted by Crippen LogP contribution is 2.36. The third kappa shape index (κ3) is 7.09. The summed E-state index contributed by atoms with van der Waals surface area (Å²) in [5, 5.41) is 0. The lowest BCUT2D eigenvalue weighted by molar-refractivity contribution is -0.140. The second-order valence-electron chi connectivity index (χ2n) is 10.4. The van der Waals surface area contributed by atoms with Crippen LogP contribution in [0.5, 0.6) is 11.5 Å². The Morgan fingerprint density at radius 2 is 1.75 bits per heavy atom. The van der Waals surface area contributed by atoms with Crippen LogP contribution >= 0.6 is 11.3 Å². The molecule has 0 aliphatic carbocycles. The van der Waals surface area contributed by atoms with E-state index in [1.54, 1.807) is 24.7 Å². The van der Waals surface area contributed by atoms with Gasteiger partial charge in [0.05, 0.1) is 35.6 Å². The molecule has 0 N–H and O–H groups in total. The number of nitrogens with zero attached hydrogens (tertiary/aromatic N) is 2. The lowest BCUT2D eigenvalue weighted by atomic mass is 9.95. The van der Waals surface area contributed by atoms with Gasteiger partial charge >= 0.3 is 5.97 Å². The second-order valence-corrected chi connectivity index (χ2v) is 11.4. The summed E-state index contributed by atoms with van der Waals surface area (Å²) in [7, 11) is 1.58. The van der Waals surface area contributed by atoms with Crippen molar-refractivity contribution < 1.29 is 19.0 Å². The van der Waals surface area contributed by atoms with Gasteiger partial charge in [-0.05, 0) is 48.2 Å². The van der Waals surface area contributed by atoms with E-state index < -0.39 is 12.0 Å². The Balaban J connectivity index is 1.55. The van der Waals surface area contributed by atoms with E-state index in [9.17, 15) is 9.59 Å². The number of methoxy groups -OCH3 is 1. The molecule has 1 unspecified atom stereocenters. The fourth-order valence-electron chi connectivity index (χ4n) is 5.03. The molecule has 1 aliphatic rings. The third-order valence-electron chi connectivity index (χ3n) is 7.30. The van der Waals surface area contributed by atoms with Crippen LogP contribution in [0.2, 0.25) is 0 Å². The summed E-state index contributed by atoms with van der Waals surface area (Å²) in [4.78, 5) is 32.9. The summed E-state index contributed by atoms with van der Waals surface area (Å²) in [5.41, 5.74) is 3.15. The van der Waals surface area contributed by atoms with Crippen LogP contribution in [0.1, 0.15) is 55.8 Å². The number of rotatable bonds is 12. The van der Waals surface area contributed by atoms with Gasteiger partial charge in [0.2, 0.25) is 0 Å². The van der Waals surface area contributed by atoms with Gasteiger partial charge in [0, 0.05) is 0 Å². The van der Waals surface area contributed by atoms with Crippen molar-refractivity contribution >= 4 is 29.5 Å². The van der Waals surface area contributed by atoms with Crippen LogP contribution in [0.4, 0.5) is 0 Å². The van der Waals surface area contributed by atoms with Gasteiger partial charge in [-0.15, -0.1) is 0 Å². The molecule has 8 heteroatoms. The van der Waals surface area contributed by atoms with Crippen molar-refractivity contribution in [3.8, 4) is 11.5 Å². The maximum atomic E-state index is 13.9. The molecule has 0 amide bonds. The molecule has 0 radical (unpaired) electrons. The van der Waals surface area contributed by atoms with Crippen molar-refractivity contribution in [1.29, 1.82) is 0 Å². The largest absolute Gasteiger partial charge is 0.493 e. The minimum atomic E-state index is -0.766. The van der Waals surface area contributed by atoms with Gasteiger partial charge in [0.1, 0.15) is 6.61 Å². The third-order valence-corrected chi connectivity index (χ3v) is 8.30. The highest BCUT2D eigenvalue weighted by Gasteiger charge is 2.34. The lowest BCUT2D eigenvalue weighted by Gasteiger charge is -2.25. The van der Waals surface area contributed by atoms with Crippen molar-refractivity contribution in [1.82, 2.24) is 4.57 Å². The number of carbonyl (C=O) groups excluding carboxylic acids is 1. The summed E-state index contributed by atoms with van der Waals surface area (Å²) in [6, 6.07) is 24.1. The first kappa shape index (κ1) is 30.8. The van der Waals surface area contributed by atoms with Crippen molar-refractivity contribution in [2.45, 2.75) is 45.8 Å². The van der Waals surface area contributed by atoms with Crippen molar-refractivity contribution in [2.24, 2.45) is 4.99 Å². The quantitative estimate of drug-likeness (QED) is 0.141. The van der Waals surface area contributed by atoms with E-state index in [1.165, 1.54) is 11.3 Å². The van der Waals surface area contributed by atoms with E-state index >= 15 is 0 Å². The molecule has 4 aromatic rings.